The number of carbonyl (C=O) groups is 1. The first-order valence-corrected chi connectivity index (χ1v) is 5.39. The van der Waals surface area contributed by atoms with Crippen LogP contribution < -0.4 is 4.74 Å². The highest BCUT2D eigenvalue weighted by molar-refractivity contribution is 14.1. The Bertz CT molecular complexity index is 446. The van der Waals surface area contributed by atoms with Crippen LogP contribution >= 0.6 is 22.6 Å². The molecule has 1 aromatic rings. The Labute approximate surface area is 105 Å². The number of nitro benzene ring substituents is 1. The lowest BCUT2D eigenvalue weighted by Gasteiger charge is -2.07. The summed E-state index contributed by atoms with van der Waals surface area (Å²) in [6, 6.07) is 2.33. The summed E-state index contributed by atoms with van der Waals surface area (Å²) in [7, 11) is 0. The molecule has 0 aliphatic carbocycles. The number of halogens is 1. The van der Waals surface area contributed by atoms with Crippen LogP contribution in [0.25, 0.3) is 0 Å². The van der Waals surface area contributed by atoms with Gasteiger partial charge in [-0.3, -0.25) is 10.1 Å². The van der Waals surface area contributed by atoms with Crippen LogP contribution in [0.1, 0.15) is 17.3 Å². The van der Waals surface area contributed by atoms with Gasteiger partial charge in [0, 0.05) is 6.07 Å². The molecule has 0 amide bonds. The second kappa shape index (κ2) is 5.10. The van der Waals surface area contributed by atoms with Gasteiger partial charge in [0.05, 0.1) is 20.7 Å². The van der Waals surface area contributed by atoms with Crippen molar-refractivity contribution in [1.82, 2.24) is 0 Å². The first-order chi connectivity index (χ1) is 7.47. The van der Waals surface area contributed by atoms with Gasteiger partial charge in [0.25, 0.3) is 0 Å². The quantitative estimate of drug-likeness (QED) is 0.517. The van der Waals surface area contributed by atoms with E-state index in [2.05, 4.69) is 0 Å². The Balaban J connectivity index is 3.39. The van der Waals surface area contributed by atoms with E-state index in [1.54, 1.807) is 6.92 Å². The van der Waals surface area contributed by atoms with Gasteiger partial charge in [-0.05, 0) is 35.6 Å². The van der Waals surface area contributed by atoms with Crippen LogP contribution in [0, 0.1) is 13.7 Å². The van der Waals surface area contributed by atoms with Crippen LogP contribution in [-0.4, -0.2) is 22.6 Å². The lowest BCUT2D eigenvalue weighted by molar-refractivity contribution is -0.386. The molecule has 0 radical (unpaired) electrons. The second-order valence-corrected chi connectivity index (χ2v) is 3.96. The molecule has 16 heavy (non-hydrogen) atoms. The fourth-order valence-corrected chi connectivity index (χ4v) is 1.89. The molecule has 0 atom stereocenters. The number of rotatable bonds is 4. The van der Waals surface area contributed by atoms with E-state index in [1.165, 1.54) is 6.07 Å². The summed E-state index contributed by atoms with van der Waals surface area (Å²) < 4.78 is 5.53. The third-order valence-electron chi connectivity index (χ3n) is 1.76. The molecule has 1 rings (SSSR count). The van der Waals surface area contributed by atoms with Gasteiger partial charge in [-0.15, -0.1) is 0 Å². The van der Waals surface area contributed by atoms with Gasteiger partial charge in [0.15, 0.2) is 0 Å². The molecule has 1 N–H and O–H groups in total. The fraction of sp³-hybridized carbons (Fsp3) is 0.222. The van der Waals surface area contributed by atoms with E-state index >= 15 is 0 Å². The minimum Gasteiger partial charge on any atom is -0.486 e. The molecular formula is C9H8INO5. The van der Waals surface area contributed by atoms with Crippen molar-refractivity contribution in [2.75, 3.05) is 6.61 Å². The Kier molecular flexibility index (Phi) is 4.05. The standard InChI is InChI=1S/C9H8INO5/c1-2-16-8-6(10)3-5(9(12)13)4-7(8)11(14)15/h3-4H,2H2,1H3,(H,12,13). The molecule has 0 spiro atoms. The normalized spacial score (nSPS) is 9.88. The number of hydrogen-bond acceptors (Lipinski definition) is 4. The Morgan fingerprint density at radius 3 is 2.69 bits per heavy atom. The van der Waals surface area contributed by atoms with E-state index in [4.69, 9.17) is 9.84 Å². The van der Waals surface area contributed by atoms with E-state index in [-0.39, 0.29) is 23.6 Å². The van der Waals surface area contributed by atoms with Crippen molar-refractivity contribution in [1.29, 1.82) is 0 Å². The average Bonchev–Trinajstić information content (AvgIpc) is 2.20. The Hall–Kier alpha value is -1.38. The van der Waals surface area contributed by atoms with Crippen molar-refractivity contribution >= 4 is 34.2 Å². The highest BCUT2D eigenvalue weighted by atomic mass is 127. The lowest BCUT2D eigenvalue weighted by Crippen LogP contribution is -2.04. The highest BCUT2D eigenvalue weighted by Gasteiger charge is 2.21. The van der Waals surface area contributed by atoms with Crippen LogP contribution in [0.15, 0.2) is 12.1 Å². The third kappa shape index (κ3) is 2.60. The predicted octanol–water partition coefficient (Wildman–Crippen LogP) is 2.30. The predicted molar refractivity (Wildman–Crippen MR) is 63.9 cm³/mol. The van der Waals surface area contributed by atoms with Gasteiger partial charge in [-0.1, -0.05) is 0 Å². The van der Waals surface area contributed by atoms with Crippen LogP contribution in [0.2, 0.25) is 0 Å². The summed E-state index contributed by atoms with van der Waals surface area (Å²) >= 11 is 1.81. The van der Waals surface area contributed by atoms with Crippen molar-refractivity contribution in [2.45, 2.75) is 6.92 Å². The highest BCUT2D eigenvalue weighted by Crippen LogP contribution is 2.33. The number of ether oxygens (including phenoxy) is 1. The summed E-state index contributed by atoms with van der Waals surface area (Å²) in [6.07, 6.45) is 0. The molecule has 0 heterocycles. The molecule has 0 fully saturated rings. The number of aromatic carboxylic acids is 1. The molecule has 1 aromatic carbocycles. The summed E-state index contributed by atoms with van der Waals surface area (Å²) in [5, 5.41) is 19.5. The minimum atomic E-state index is -1.20. The van der Waals surface area contributed by atoms with Crippen molar-refractivity contribution in [3.05, 3.63) is 31.4 Å². The maximum atomic E-state index is 10.8. The van der Waals surface area contributed by atoms with E-state index in [0.29, 0.717) is 3.57 Å². The zero-order valence-corrected chi connectivity index (χ0v) is 10.4. The van der Waals surface area contributed by atoms with Crippen LogP contribution in [0.5, 0.6) is 5.75 Å². The van der Waals surface area contributed by atoms with Crippen LogP contribution in [0.4, 0.5) is 5.69 Å². The molecule has 7 heteroatoms. The summed E-state index contributed by atoms with van der Waals surface area (Å²) in [4.78, 5) is 20.8. The van der Waals surface area contributed by atoms with Gasteiger partial charge in [0.2, 0.25) is 5.75 Å². The zero-order valence-electron chi connectivity index (χ0n) is 8.27. The number of carboxylic acids is 1. The first kappa shape index (κ1) is 12.7. The van der Waals surface area contributed by atoms with Gasteiger partial charge < -0.3 is 9.84 Å². The van der Waals surface area contributed by atoms with E-state index < -0.39 is 10.9 Å². The molecule has 0 aliphatic rings. The lowest BCUT2D eigenvalue weighted by atomic mass is 10.2. The summed E-state index contributed by atoms with van der Waals surface area (Å²) in [5.41, 5.74) is -0.453. The maximum Gasteiger partial charge on any atom is 0.335 e. The maximum absolute atomic E-state index is 10.8. The number of hydrogen-bond donors (Lipinski definition) is 1. The van der Waals surface area contributed by atoms with Crippen LogP contribution in [-0.2, 0) is 0 Å². The molecule has 86 valence electrons. The van der Waals surface area contributed by atoms with E-state index in [0.717, 1.165) is 6.07 Å². The molecular weight excluding hydrogens is 329 g/mol. The molecule has 0 bridgehead atoms. The van der Waals surface area contributed by atoms with Crippen LogP contribution in [0.3, 0.4) is 0 Å². The molecule has 6 nitrogen and oxygen atoms in total. The fourth-order valence-electron chi connectivity index (χ4n) is 1.13. The first-order valence-electron chi connectivity index (χ1n) is 4.31. The minimum absolute atomic E-state index is 0.109. The molecule has 0 unspecified atom stereocenters. The smallest absolute Gasteiger partial charge is 0.335 e. The second-order valence-electron chi connectivity index (χ2n) is 2.80. The largest absolute Gasteiger partial charge is 0.486 e. The topological polar surface area (TPSA) is 89.7 Å². The van der Waals surface area contributed by atoms with Crippen molar-refractivity contribution in [3.8, 4) is 5.75 Å². The van der Waals surface area contributed by atoms with Gasteiger partial charge in [0.1, 0.15) is 0 Å². The van der Waals surface area contributed by atoms with E-state index in [1.807, 2.05) is 22.6 Å². The molecule has 0 aliphatic heterocycles. The SMILES string of the molecule is CCOc1c(I)cc(C(=O)O)cc1[N+](=O)[O-]. The Morgan fingerprint density at radius 2 is 2.25 bits per heavy atom. The van der Waals surface area contributed by atoms with E-state index in [9.17, 15) is 14.9 Å². The van der Waals surface area contributed by atoms with Gasteiger partial charge in [-0.25, -0.2) is 4.79 Å². The zero-order chi connectivity index (χ0) is 12.3. The summed E-state index contributed by atoms with van der Waals surface area (Å²) in [6.45, 7) is 1.98. The number of carboxylic acid groups (broad SMARTS) is 1. The number of nitrogens with zero attached hydrogens (tertiary/aromatic N) is 1. The third-order valence-corrected chi connectivity index (χ3v) is 2.56. The van der Waals surface area contributed by atoms with Crippen molar-refractivity contribution in [2.24, 2.45) is 0 Å². The monoisotopic (exact) mass is 337 g/mol. The van der Waals surface area contributed by atoms with Gasteiger partial charge in [-0.2, -0.15) is 0 Å². The number of nitro groups is 1. The molecule has 0 saturated heterocycles. The summed E-state index contributed by atoms with van der Waals surface area (Å²) in [5.74, 6) is -1.10. The van der Waals surface area contributed by atoms with Crippen molar-refractivity contribution < 1.29 is 19.6 Å². The van der Waals surface area contributed by atoms with Gasteiger partial charge >= 0.3 is 11.7 Å². The Morgan fingerprint density at radius 1 is 1.62 bits per heavy atom. The molecule has 0 aromatic heterocycles. The van der Waals surface area contributed by atoms with Crippen molar-refractivity contribution in [3.63, 3.8) is 0 Å². The average molecular weight is 337 g/mol. The number of benzene rings is 1. The molecule has 0 saturated carbocycles.